The number of carbonyl (C=O) groups excluding carboxylic acids is 1. The van der Waals surface area contributed by atoms with E-state index in [0.717, 1.165) is 25.0 Å². The molecule has 0 aliphatic heterocycles. The summed E-state index contributed by atoms with van der Waals surface area (Å²) in [5.74, 6) is -1.43. The molecule has 0 heterocycles. The van der Waals surface area contributed by atoms with E-state index in [-0.39, 0.29) is 18.3 Å². The van der Waals surface area contributed by atoms with Crippen LogP contribution in [0.15, 0.2) is 23.1 Å². The van der Waals surface area contributed by atoms with Gasteiger partial charge in [0.15, 0.2) is 0 Å². The summed E-state index contributed by atoms with van der Waals surface area (Å²) in [7, 11) is -2.55. The molecule has 1 fully saturated rings. The van der Waals surface area contributed by atoms with Gasteiger partial charge in [0, 0.05) is 18.8 Å². The maximum Gasteiger partial charge on any atom is 0.243 e. The normalized spacial score (nSPS) is 16.3. The summed E-state index contributed by atoms with van der Waals surface area (Å²) in [6.07, 6.45) is 1.48. The fraction of sp³-hybridized carbons (Fsp3) is 0.462. The number of anilines is 1. The fourth-order valence-corrected chi connectivity index (χ4v) is 3.17. The number of amides is 1. The molecule has 0 spiro atoms. The minimum absolute atomic E-state index is 0.0153. The van der Waals surface area contributed by atoms with Crippen LogP contribution in [-0.2, 0) is 19.6 Å². The van der Waals surface area contributed by atoms with Gasteiger partial charge >= 0.3 is 0 Å². The lowest BCUT2D eigenvalue weighted by molar-refractivity contribution is -0.118. The first-order chi connectivity index (χ1) is 10.3. The monoisotopic (exact) mass is 331 g/mol. The molecule has 1 aromatic carbocycles. The number of hydrogen-bond donors (Lipinski definition) is 3. The number of methoxy groups -OCH3 is 1. The quantitative estimate of drug-likeness (QED) is 0.660. The number of halogens is 1. The minimum Gasteiger partial charge on any atom is -0.383 e. The van der Waals surface area contributed by atoms with E-state index < -0.39 is 32.7 Å². The van der Waals surface area contributed by atoms with Crippen molar-refractivity contribution in [3.8, 4) is 0 Å². The van der Waals surface area contributed by atoms with Crippen LogP contribution in [0.1, 0.15) is 12.8 Å². The first-order valence-corrected chi connectivity index (χ1v) is 8.19. The van der Waals surface area contributed by atoms with Crippen LogP contribution in [0.25, 0.3) is 0 Å². The third kappa shape index (κ3) is 4.23. The molecule has 1 unspecified atom stereocenters. The number of nitrogens with two attached hydrogens (primary N) is 1. The lowest BCUT2D eigenvalue weighted by Crippen LogP contribution is -2.39. The Bertz CT molecular complexity index is 661. The number of nitrogens with one attached hydrogen (secondary N) is 2. The molecule has 1 aliphatic carbocycles. The van der Waals surface area contributed by atoms with Crippen LogP contribution in [0.3, 0.4) is 0 Å². The first kappa shape index (κ1) is 16.8. The molecule has 7 nitrogen and oxygen atoms in total. The Morgan fingerprint density at radius 2 is 2.18 bits per heavy atom. The number of hydrogen-bond acceptors (Lipinski definition) is 5. The van der Waals surface area contributed by atoms with E-state index in [4.69, 9.17) is 10.5 Å². The minimum atomic E-state index is -3.95. The van der Waals surface area contributed by atoms with Gasteiger partial charge in [-0.15, -0.1) is 0 Å². The summed E-state index contributed by atoms with van der Waals surface area (Å²) in [6, 6.07) is 2.27. The number of rotatable bonds is 7. The number of ether oxygens (including phenoxy) is 1. The van der Waals surface area contributed by atoms with Gasteiger partial charge in [0.2, 0.25) is 15.9 Å². The highest BCUT2D eigenvalue weighted by molar-refractivity contribution is 7.89. The molecule has 1 aliphatic rings. The van der Waals surface area contributed by atoms with Crippen LogP contribution in [0.5, 0.6) is 0 Å². The maximum absolute atomic E-state index is 13.8. The van der Waals surface area contributed by atoms with Gasteiger partial charge in [-0.3, -0.25) is 4.79 Å². The second-order valence-electron chi connectivity index (χ2n) is 5.09. The predicted molar refractivity (Wildman–Crippen MR) is 78.2 cm³/mol. The average Bonchev–Trinajstić information content (AvgIpc) is 3.24. The highest BCUT2D eigenvalue weighted by Gasteiger charge is 2.30. The summed E-state index contributed by atoms with van der Waals surface area (Å²) in [5.41, 5.74) is 5.71. The summed E-state index contributed by atoms with van der Waals surface area (Å²) in [4.78, 5) is 11.3. The van der Waals surface area contributed by atoms with Crippen LogP contribution in [0.4, 0.5) is 10.1 Å². The van der Waals surface area contributed by atoms with Crippen molar-refractivity contribution < 1.29 is 22.3 Å². The van der Waals surface area contributed by atoms with Gasteiger partial charge in [-0.25, -0.2) is 17.5 Å². The fourth-order valence-electron chi connectivity index (χ4n) is 1.76. The van der Waals surface area contributed by atoms with Crippen molar-refractivity contribution in [3.63, 3.8) is 0 Å². The van der Waals surface area contributed by atoms with Crippen molar-refractivity contribution in [2.45, 2.75) is 29.8 Å². The molecular formula is C13H18FN3O4S. The van der Waals surface area contributed by atoms with Crippen molar-refractivity contribution in [1.82, 2.24) is 4.72 Å². The molecule has 9 heteroatoms. The lowest BCUT2D eigenvalue weighted by Gasteiger charge is -2.13. The second-order valence-corrected chi connectivity index (χ2v) is 6.77. The van der Waals surface area contributed by atoms with Gasteiger partial charge in [-0.05, 0) is 31.0 Å². The molecule has 1 atom stereocenters. The van der Waals surface area contributed by atoms with Gasteiger partial charge in [0.25, 0.3) is 0 Å². The molecule has 1 amide bonds. The molecule has 0 saturated heterocycles. The Morgan fingerprint density at radius 3 is 2.77 bits per heavy atom. The number of sulfonamides is 1. The third-order valence-electron chi connectivity index (χ3n) is 3.07. The van der Waals surface area contributed by atoms with E-state index >= 15 is 0 Å². The molecule has 0 bridgehead atoms. The van der Waals surface area contributed by atoms with Crippen LogP contribution in [0.2, 0.25) is 0 Å². The Labute approximate surface area is 128 Å². The summed E-state index contributed by atoms with van der Waals surface area (Å²) < 4.78 is 45.1. The zero-order chi connectivity index (χ0) is 16.3. The zero-order valence-electron chi connectivity index (χ0n) is 12.0. The van der Waals surface area contributed by atoms with E-state index in [1.54, 1.807) is 0 Å². The van der Waals surface area contributed by atoms with Crippen molar-refractivity contribution in [3.05, 3.63) is 24.0 Å². The first-order valence-electron chi connectivity index (χ1n) is 6.71. The predicted octanol–water partition coefficient (Wildman–Crippen LogP) is 0.179. The Hall–Kier alpha value is -1.55. The summed E-state index contributed by atoms with van der Waals surface area (Å²) in [6.45, 7) is 0.0153. The van der Waals surface area contributed by atoms with Gasteiger partial charge in [0.05, 0.1) is 6.61 Å². The van der Waals surface area contributed by atoms with Crippen molar-refractivity contribution in [2.75, 3.05) is 19.0 Å². The van der Waals surface area contributed by atoms with Crippen molar-refractivity contribution in [2.24, 2.45) is 5.73 Å². The molecule has 4 N–H and O–H groups in total. The Morgan fingerprint density at radius 1 is 1.50 bits per heavy atom. The molecule has 0 radical (unpaired) electrons. The zero-order valence-corrected chi connectivity index (χ0v) is 12.8. The molecular weight excluding hydrogens is 313 g/mol. The highest BCUT2D eigenvalue weighted by atomic mass is 32.2. The van der Waals surface area contributed by atoms with Gasteiger partial charge in [0.1, 0.15) is 16.8 Å². The number of benzene rings is 1. The molecule has 1 saturated carbocycles. The Kier molecular flexibility index (Phi) is 5.12. The molecule has 0 aromatic heterocycles. The van der Waals surface area contributed by atoms with Crippen molar-refractivity contribution >= 4 is 21.6 Å². The van der Waals surface area contributed by atoms with E-state index in [0.29, 0.717) is 0 Å². The lowest BCUT2D eigenvalue weighted by atomic mass is 10.2. The summed E-state index contributed by atoms with van der Waals surface area (Å²) in [5, 5.41) is 2.43. The summed E-state index contributed by atoms with van der Waals surface area (Å²) >= 11 is 0. The largest absolute Gasteiger partial charge is 0.383 e. The van der Waals surface area contributed by atoms with Crippen molar-refractivity contribution in [1.29, 1.82) is 0 Å². The molecule has 22 heavy (non-hydrogen) atoms. The van der Waals surface area contributed by atoms with Crippen LogP contribution in [-0.4, -0.2) is 40.1 Å². The standard InChI is InChI=1S/C13H18FN3O4S/c1-21-7-11(15)13(18)16-9-4-5-10(14)12(6-9)22(19,20)17-8-2-3-8/h4-6,8,11,17H,2-3,7,15H2,1H3,(H,16,18). The number of carbonyl (C=O) groups is 1. The van der Waals surface area contributed by atoms with Gasteiger partial charge in [-0.2, -0.15) is 0 Å². The third-order valence-corrected chi connectivity index (χ3v) is 4.61. The van der Waals surface area contributed by atoms with E-state index in [1.165, 1.54) is 13.2 Å². The topological polar surface area (TPSA) is 111 Å². The van der Waals surface area contributed by atoms with E-state index in [1.807, 2.05) is 0 Å². The Balaban J connectivity index is 2.17. The van der Waals surface area contributed by atoms with E-state index in [9.17, 15) is 17.6 Å². The molecule has 1 aromatic rings. The van der Waals surface area contributed by atoms with Gasteiger partial charge in [-0.1, -0.05) is 0 Å². The van der Waals surface area contributed by atoms with Crippen LogP contribution in [0, 0.1) is 5.82 Å². The van der Waals surface area contributed by atoms with Gasteiger partial charge < -0.3 is 15.8 Å². The second kappa shape index (κ2) is 6.69. The average molecular weight is 331 g/mol. The SMILES string of the molecule is COCC(N)C(=O)Nc1ccc(F)c(S(=O)(=O)NC2CC2)c1. The highest BCUT2D eigenvalue weighted by Crippen LogP contribution is 2.25. The maximum atomic E-state index is 13.8. The van der Waals surface area contributed by atoms with E-state index in [2.05, 4.69) is 10.0 Å². The molecule has 122 valence electrons. The van der Waals surface area contributed by atoms with Crippen LogP contribution < -0.4 is 15.8 Å². The molecule has 2 rings (SSSR count). The van der Waals surface area contributed by atoms with Crippen LogP contribution >= 0.6 is 0 Å². The smallest absolute Gasteiger partial charge is 0.243 e.